The quantitative estimate of drug-likeness (QED) is 0.623. The monoisotopic (exact) mass is 288 g/mol. The fourth-order valence-electron chi connectivity index (χ4n) is 2.04. The van der Waals surface area contributed by atoms with Crippen LogP contribution >= 0.6 is 22.9 Å². The molecular weight excluding hydrogens is 276 g/mol. The van der Waals surface area contributed by atoms with Crippen molar-refractivity contribution in [3.63, 3.8) is 0 Å². The average Bonchev–Trinajstić information content (AvgIpc) is 2.78. The van der Waals surface area contributed by atoms with E-state index in [1.54, 1.807) is 11.3 Å². The molecule has 1 aromatic heterocycles. The fourth-order valence-corrected chi connectivity index (χ4v) is 3.26. The van der Waals surface area contributed by atoms with Gasteiger partial charge in [0.15, 0.2) is 0 Å². The molecule has 0 fully saturated rings. The minimum absolute atomic E-state index is 0.588. The third-order valence-electron chi connectivity index (χ3n) is 3.00. The average molecular weight is 289 g/mol. The first-order chi connectivity index (χ1) is 9.22. The van der Waals surface area contributed by atoms with E-state index in [9.17, 15) is 0 Å². The van der Waals surface area contributed by atoms with Gasteiger partial charge in [-0.1, -0.05) is 29.8 Å². The van der Waals surface area contributed by atoms with E-state index >= 15 is 0 Å². The number of rotatable bonds is 3. The number of thiophene rings is 1. The van der Waals surface area contributed by atoms with Gasteiger partial charge in [-0.15, -0.1) is 11.3 Å². The highest BCUT2D eigenvalue weighted by molar-refractivity contribution is 7.17. The minimum atomic E-state index is 0.588. The summed E-state index contributed by atoms with van der Waals surface area (Å²) in [5, 5.41) is 4.14. The van der Waals surface area contributed by atoms with Crippen LogP contribution in [0.1, 0.15) is 11.1 Å². The lowest BCUT2D eigenvalue weighted by atomic mass is 10.2. The molecule has 0 bridgehead atoms. The first kappa shape index (κ1) is 12.5. The van der Waals surface area contributed by atoms with Crippen LogP contribution in [-0.2, 0) is 6.61 Å². The molecule has 1 nitrogen and oxygen atoms in total. The minimum Gasteiger partial charge on any atom is -0.489 e. The van der Waals surface area contributed by atoms with E-state index in [1.807, 2.05) is 30.3 Å². The Hall–Kier alpha value is -1.51. The lowest BCUT2D eigenvalue weighted by Crippen LogP contribution is -1.94. The van der Waals surface area contributed by atoms with Crippen LogP contribution in [0.2, 0.25) is 5.02 Å². The predicted molar refractivity (Wildman–Crippen MR) is 82.3 cm³/mol. The Kier molecular flexibility index (Phi) is 3.45. The topological polar surface area (TPSA) is 9.23 Å². The summed E-state index contributed by atoms with van der Waals surface area (Å²) in [5.74, 6) is 0.910. The second-order valence-corrected chi connectivity index (χ2v) is 5.85. The van der Waals surface area contributed by atoms with Crippen molar-refractivity contribution in [3.05, 3.63) is 64.0 Å². The fraction of sp³-hybridized carbons (Fsp3) is 0.125. The van der Waals surface area contributed by atoms with Crippen LogP contribution < -0.4 is 4.74 Å². The van der Waals surface area contributed by atoms with Gasteiger partial charge in [0.05, 0.1) is 0 Å². The first-order valence-corrected chi connectivity index (χ1v) is 7.33. The molecule has 3 rings (SSSR count). The summed E-state index contributed by atoms with van der Waals surface area (Å²) < 4.78 is 7.05. The van der Waals surface area contributed by atoms with Crippen LogP contribution in [0.15, 0.2) is 47.8 Å². The summed E-state index contributed by atoms with van der Waals surface area (Å²) in [5.41, 5.74) is 2.41. The molecule has 2 aromatic carbocycles. The highest BCUT2D eigenvalue weighted by Crippen LogP contribution is 2.29. The SMILES string of the molecule is Cc1cccc(OCc2csc3cc(Cl)ccc23)c1. The summed E-state index contributed by atoms with van der Waals surface area (Å²) in [6.07, 6.45) is 0. The van der Waals surface area contributed by atoms with E-state index in [0.717, 1.165) is 10.8 Å². The number of ether oxygens (including phenoxy) is 1. The Morgan fingerprint density at radius 3 is 2.89 bits per heavy atom. The number of hydrogen-bond donors (Lipinski definition) is 0. The van der Waals surface area contributed by atoms with Crippen molar-refractivity contribution in [2.24, 2.45) is 0 Å². The molecular formula is C16H13ClOS. The summed E-state index contributed by atoms with van der Waals surface area (Å²) in [6, 6.07) is 14.1. The maximum atomic E-state index is 5.99. The predicted octanol–water partition coefficient (Wildman–Crippen LogP) is 5.44. The highest BCUT2D eigenvalue weighted by atomic mass is 35.5. The molecule has 3 heteroatoms. The Balaban J connectivity index is 1.82. The number of hydrogen-bond acceptors (Lipinski definition) is 2. The molecule has 0 N–H and O–H groups in total. The van der Waals surface area contributed by atoms with Crippen molar-refractivity contribution >= 4 is 33.0 Å². The van der Waals surface area contributed by atoms with E-state index in [2.05, 4.69) is 24.4 Å². The van der Waals surface area contributed by atoms with Gasteiger partial charge in [-0.2, -0.15) is 0 Å². The van der Waals surface area contributed by atoms with E-state index in [0.29, 0.717) is 6.61 Å². The van der Waals surface area contributed by atoms with E-state index in [1.165, 1.54) is 21.2 Å². The van der Waals surface area contributed by atoms with Crippen molar-refractivity contribution in [2.45, 2.75) is 13.5 Å². The second kappa shape index (κ2) is 5.24. The van der Waals surface area contributed by atoms with Gasteiger partial charge in [-0.05, 0) is 47.5 Å². The van der Waals surface area contributed by atoms with Gasteiger partial charge >= 0.3 is 0 Å². The summed E-state index contributed by atoms with van der Waals surface area (Å²) in [7, 11) is 0. The largest absolute Gasteiger partial charge is 0.489 e. The number of aryl methyl sites for hydroxylation is 1. The molecule has 0 saturated carbocycles. The molecule has 0 saturated heterocycles. The first-order valence-electron chi connectivity index (χ1n) is 6.07. The Morgan fingerprint density at radius 1 is 1.16 bits per heavy atom. The number of halogens is 1. The molecule has 0 aliphatic rings. The van der Waals surface area contributed by atoms with Crippen LogP contribution in [0.4, 0.5) is 0 Å². The zero-order valence-corrected chi connectivity index (χ0v) is 12.1. The molecule has 0 aliphatic heterocycles. The Labute approximate surface area is 121 Å². The number of fused-ring (bicyclic) bond motifs is 1. The van der Waals surface area contributed by atoms with Gasteiger partial charge in [-0.3, -0.25) is 0 Å². The molecule has 0 radical (unpaired) electrons. The Morgan fingerprint density at radius 2 is 2.05 bits per heavy atom. The zero-order valence-electron chi connectivity index (χ0n) is 10.5. The van der Waals surface area contributed by atoms with E-state index in [-0.39, 0.29) is 0 Å². The van der Waals surface area contributed by atoms with Gasteiger partial charge in [0.2, 0.25) is 0 Å². The maximum Gasteiger partial charge on any atom is 0.120 e. The maximum absolute atomic E-state index is 5.99. The van der Waals surface area contributed by atoms with Crippen LogP contribution in [-0.4, -0.2) is 0 Å². The molecule has 0 amide bonds. The van der Waals surface area contributed by atoms with Crippen molar-refractivity contribution in [1.82, 2.24) is 0 Å². The van der Waals surface area contributed by atoms with Crippen LogP contribution in [0.25, 0.3) is 10.1 Å². The lowest BCUT2D eigenvalue weighted by molar-refractivity contribution is 0.308. The van der Waals surface area contributed by atoms with Gasteiger partial charge in [0.25, 0.3) is 0 Å². The molecule has 1 heterocycles. The third kappa shape index (κ3) is 2.75. The molecule has 3 aromatic rings. The van der Waals surface area contributed by atoms with Crippen LogP contribution in [0.5, 0.6) is 5.75 Å². The van der Waals surface area contributed by atoms with E-state index < -0.39 is 0 Å². The van der Waals surface area contributed by atoms with Crippen LogP contribution in [0.3, 0.4) is 0 Å². The second-order valence-electron chi connectivity index (χ2n) is 4.51. The lowest BCUT2D eigenvalue weighted by Gasteiger charge is -2.06. The van der Waals surface area contributed by atoms with Crippen molar-refractivity contribution < 1.29 is 4.74 Å². The molecule has 0 atom stereocenters. The van der Waals surface area contributed by atoms with Gasteiger partial charge in [0, 0.05) is 15.3 Å². The summed E-state index contributed by atoms with van der Waals surface area (Å²) >= 11 is 7.70. The molecule has 0 spiro atoms. The molecule has 0 unspecified atom stereocenters. The van der Waals surface area contributed by atoms with Crippen LogP contribution in [0, 0.1) is 6.92 Å². The zero-order chi connectivity index (χ0) is 13.2. The highest BCUT2D eigenvalue weighted by Gasteiger charge is 2.05. The van der Waals surface area contributed by atoms with Gasteiger partial charge in [0.1, 0.15) is 12.4 Å². The molecule has 0 aliphatic carbocycles. The third-order valence-corrected chi connectivity index (χ3v) is 4.23. The summed E-state index contributed by atoms with van der Waals surface area (Å²) in [6.45, 7) is 2.65. The molecule has 19 heavy (non-hydrogen) atoms. The van der Waals surface area contributed by atoms with Gasteiger partial charge in [-0.25, -0.2) is 0 Å². The van der Waals surface area contributed by atoms with Crippen molar-refractivity contribution in [2.75, 3.05) is 0 Å². The van der Waals surface area contributed by atoms with Gasteiger partial charge < -0.3 is 4.74 Å². The van der Waals surface area contributed by atoms with Crippen molar-refractivity contribution in [1.29, 1.82) is 0 Å². The van der Waals surface area contributed by atoms with E-state index in [4.69, 9.17) is 16.3 Å². The van der Waals surface area contributed by atoms with Crippen molar-refractivity contribution in [3.8, 4) is 5.75 Å². The summed E-state index contributed by atoms with van der Waals surface area (Å²) in [4.78, 5) is 0. The molecule has 96 valence electrons. The standard InChI is InChI=1S/C16H13ClOS/c1-11-3-2-4-14(7-11)18-9-12-10-19-16-8-13(17)5-6-15(12)16/h2-8,10H,9H2,1H3. The number of benzene rings is 2. The Bertz CT molecular complexity index is 718. The smallest absolute Gasteiger partial charge is 0.120 e. The normalized spacial score (nSPS) is 10.8.